The molecule has 94 valence electrons. The van der Waals surface area contributed by atoms with Gasteiger partial charge in [-0.15, -0.1) is 0 Å². The van der Waals surface area contributed by atoms with Gasteiger partial charge in [0.15, 0.2) is 0 Å². The van der Waals surface area contributed by atoms with Gasteiger partial charge in [0.1, 0.15) is 5.60 Å². The van der Waals surface area contributed by atoms with E-state index in [1.807, 2.05) is 6.07 Å². The summed E-state index contributed by atoms with van der Waals surface area (Å²) >= 11 is 0. The quantitative estimate of drug-likeness (QED) is 0.555. The van der Waals surface area contributed by atoms with Gasteiger partial charge in [-0.2, -0.15) is 0 Å². The molecule has 2 nitrogen and oxygen atoms in total. The fraction of sp³-hybridized carbons (Fsp3) is 0.438. The zero-order chi connectivity index (χ0) is 12.6. The molecule has 0 bridgehead atoms. The van der Waals surface area contributed by atoms with Gasteiger partial charge in [0.25, 0.3) is 0 Å². The first-order valence-corrected chi connectivity index (χ1v) is 6.67. The molecular formula is C16H18O2. The standard InChI is InChI=1S/C16H18O2/c1-12-11-16(18-15(12)17)10-6-5-9-14(16)13-7-3-2-4-8-13/h2-4,7-8,14H,1,5-6,9-11H2/t14-,16+/m0/s1. The zero-order valence-corrected chi connectivity index (χ0v) is 10.5. The van der Waals surface area contributed by atoms with Gasteiger partial charge in [-0.05, 0) is 24.8 Å². The predicted octanol–water partition coefficient (Wildman–Crippen LogP) is 3.59. The molecule has 2 atom stereocenters. The van der Waals surface area contributed by atoms with E-state index in [9.17, 15) is 4.79 Å². The summed E-state index contributed by atoms with van der Waals surface area (Å²) in [5, 5.41) is 0. The van der Waals surface area contributed by atoms with Gasteiger partial charge < -0.3 is 4.74 Å². The zero-order valence-electron chi connectivity index (χ0n) is 10.5. The lowest BCUT2D eigenvalue weighted by atomic mass is 9.70. The Morgan fingerprint density at radius 1 is 1.22 bits per heavy atom. The average Bonchev–Trinajstić information content (AvgIpc) is 2.66. The van der Waals surface area contributed by atoms with Crippen LogP contribution >= 0.6 is 0 Å². The van der Waals surface area contributed by atoms with Gasteiger partial charge >= 0.3 is 5.97 Å². The normalized spacial score (nSPS) is 31.7. The molecule has 18 heavy (non-hydrogen) atoms. The molecule has 0 aromatic heterocycles. The minimum atomic E-state index is -0.312. The van der Waals surface area contributed by atoms with Gasteiger partial charge in [-0.1, -0.05) is 43.3 Å². The first-order valence-electron chi connectivity index (χ1n) is 6.67. The second-order valence-electron chi connectivity index (χ2n) is 5.44. The molecule has 1 aliphatic carbocycles. The number of carbonyl (C=O) groups is 1. The third kappa shape index (κ3) is 1.76. The van der Waals surface area contributed by atoms with E-state index in [2.05, 4.69) is 30.8 Å². The first kappa shape index (κ1) is 11.5. The number of hydrogen-bond acceptors (Lipinski definition) is 2. The van der Waals surface area contributed by atoms with E-state index in [1.54, 1.807) is 0 Å². The summed E-state index contributed by atoms with van der Waals surface area (Å²) in [5.74, 6) is 0.133. The molecule has 0 N–H and O–H groups in total. The molecule has 2 heteroatoms. The van der Waals surface area contributed by atoms with Crippen LogP contribution in [-0.2, 0) is 9.53 Å². The topological polar surface area (TPSA) is 26.3 Å². The van der Waals surface area contributed by atoms with Crippen molar-refractivity contribution in [2.45, 2.75) is 43.6 Å². The highest BCUT2D eigenvalue weighted by molar-refractivity contribution is 5.90. The molecule has 1 saturated carbocycles. The molecule has 3 rings (SSSR count). The summed E-state index contributed by atoms with van der Waals surface area (Å²) < 4.78 is 5.73. The van der Waals surface area contributed by atoms with Gasteiger partial charge in [-0.25, -0.2) is 4.79 Å². The highest BCUT2D eigenvalue weighted by atomic mass is 16.6. The third-order valence-corrected chi connectivity index (χ3v) is 4.28. The summed E-state index contributed by atoms with van der Waals surface area (Å²) in [7, 11) is 0. The van der Waals surface area contributed by atoms with Crippen molar-refractivity contribution in [3.8, 4) is 0 Å². The minimum absolute atomic E-state index is 0.196. The van der Waals surface area contributed by atoms with Crippen LogP contribution in [0.25, 0.3) is 0 Å². The van der Waals surface area contributed by atoms with Crippen molar-refractivity contribution in [2.75, 3.05) is 0 Å². The Morgan fingerprint density at radius 2 is 2.00 bits per heavy atom. The number of esters is 1. The van der Waals surface area contributed by atoms with Crippen molar-refractivity contribution in [1.82, 2.24) is 0 Å². The van der Waals surface area contributed by atoms with E-state index >= 15 is 0 Å². The SMILES string of the molecule is C=C1C[C@@]2(CCCC[C@H]2c2ccccc2)OC1=O. The summed E-state index contributed by atoms with van der Waals surface area (Å²) in [4.78, 5) is 11.7. The molecule has 1 aromatic rings. The van der Waals surface area contributed by atoms with Crippen LogP contribution in [0.2, 0.25) is 0 Å². The number of ether oxygens (including phenoxy) is 1. The molecule has 1 aliphatic heterocycles. The van der Waals surface area contributed by atoms with E-state index in [-0.39, 0.29) is 11.6 Å². The molecule has 0 unspecified atom stereocenters. The van der Waals surface area contributed by atoms with Crippen LogP contribution in [0.1, 0.15) is 43.6 Å². The average molecular weight is 242 g/mol. The molecule has 0 radical (unpaired) electrons. The van der Waals surface area contributed by atoms with Crippen molar-refractivity contribution in [2.24, 2.45) is 0 Å². The lowest BCUT2D eigenvalue weighted by Gasteiger charge is -2.40. The highest BCUT2D eigenvalue weighted by Gasteiger charge is 2.50. The largest absolute Gasteiger partial charge is 0.455 e. The second-order valence-corrected chi connectivity index (χ2v) is 5.44. The molecule has 1 spiro atoms. The van der Waals surface area contributed by atoms with E-state index in [0.29, 0.717) is 17.9 Å². The Morgan fingerprint density at radius 3 is 2.67 bits per heavy atom. The summed E-state index contributed by atoms with van der Waals surface area (Å²) in [5.41, 5.74) is 1.62. The Bertz CT molecular complexity index is 459. The van der Waals surface area contributed by atoms with Crippen molar-refractivity contribution in [3.63, 3.8) is 0 Å². The molecule has 1 saturated heterocycles. The Hall–Kier alpha value is -1.57. The van der Waals surface area contributed by atoms with E-state index in [0.717, 1.165) is 19.3 Å². The molecule has 1 aromatic carbocycles. The van der Waals surface area contributed by atoms with Crippen molar-refractivity contribution in [3.05, 3.63) is 48.0 Å². The van der Waals surface area contributed by atoms with E-state index in [1.165, 1.54) is 12.0 Å². The second kappa shape index (κ2) is 4.27. The minimum Gasteiger partial charge on any atom is -0.455 e. The van der Waals surface area contributed by atoms with Crippen LogP contribution in [0.4, 0.5) is 0 Å². The van der Waals surface area contributed by atoms with Crippen LogP contribution in [0, 0.1) is 0 Å². The van der Waals surface area contributed by atoms with Gasteiger partial charge in [0.05, 0.1) is 0 Å². The van der Waals surface area contributed by atoms with Gasteiger partial charge in [-0.3, -0.25) is 0 Å². The maximum atomic E-state index is 11.7. The van der Waals surface area contributed by atoms with Crippen molar-refractivity contribution >= 4 is 5.97 Å². The van der Waals surface area contributed by atoms with Crippen LogP contribution in [-0.4, -0.2) is 11.6 Å². The summed E-state index contributed by atoms with van der Waals surface area (Å²) in [6.45, 7) is 3.84. The maximum absolute atomic E-state index is 11.7. The fourth-order valence-electron chi connectivity index (χ4n) is 3.43. The van der Waals surface area contributed by atoms with Crippen LogP contribution in [0.15, 0.2) is 42.5 Å². The molecule has 0 amide bonds. The molecule has 1 heterocycles. The Labute approximate surface area is 108 Å². The number of carbonyl (C=O) groups excluding carboxylic acids is 1. The smallest absolute Gasteiger partial charge is 0.334 e. The maximum Gasteiger partial charge on any atom is 0.334 e. The van der Waals surface area contributed by atoms with Gasteiger partial charge in [0, 0.05) is 17.9 Å². The highest BCUT2D eigenvalue weighted by Crippen LogP contribution is 2.50. The fourth-order valence-corrected chi connectivity index (χ4v) is 3.43. The monoisotopic (exact) mass is 242 g/mol. The molecule has 2 fully saturated rings. The lowest BCUT2D eigenvalue weighted by molar-refractivity contribution is -0.150. The first-order chi connectivity index (χ1) is 8.71. The summed E-state index contributed by atoms with van der Waals surface area (Å²) in [6, 6.07) is 10.4. The van der Waals surface area contributed by atoms with E-state index in [4.69, 9.17) is 4.74 Å². The number of rotatable bonds is 1. The van der Waals surface area contributed by atoms with Crippen LogP contribution in [0.3, 0.4) is 0 Å². The van der Waals surface area contributed by atoms with E-state index < -0.39 is 0 Å². The van der Waals surface area contributed by atoms with Crippen LogP contribution < -0.4 is 0 Å². The Balaban J connectivity index is 1.97. The lowest BCUT2D eigenvalue weighted by Crippen LogP contribution is -2.38. The predicted molar refractivity (Wildman–Crippen MR) is 70.2 cm³/mol. The summed E-state index contributed by atoms with van der Waals surface area (Å²) in [6.07, 6.45) is 5.13. The molecule has 2 aliphatic rings. The number of hydrogen-bond donors (Lipinski definition) is 0. The molecular weight excluding hydrogens is 224 g/mol. The third-order valence-electron chi connectivity index (χ3n) is 4.28. The van der Waals surface area contributed by atoms with Crippen LogP contribution in [0.5, 0.6) is 0 Å². The van der Waals surface area contributed by atoms with Gasteiger partial charge in [0.2, 0.25) is 0 Å². The number of benzene rings is 1. The Kier molecular flexibility index (Phi) is 2.73. The van der Waals surface area contributed by atoms with Crippen molar-refractivity contribution in [1.29, 1.82) is 0 Å². The van der Waals surface area contributed by atoms with Crippen molar-refractivity contribution < 1.29 is 9.53 Å².